The molecule has 1 fully saturated rings. The van der Waals surface area contributed by atoms with Crippen molar-refractivity contribution in [3.63, 3.8) is 0 Å². The highest BCUT2D eigenvalue weighted by Gasteiger charge is 2.33. The maximum absolute atomic E-state index is 12.5. The van der Waals surface area contributed by atoms with Crippen LogP contribution in [0.5, 0.6) is 0 Å². The third-order valence-electron chi connectivity index (χ3n) is 3.94. The van der Waals surface area contributed by atoms with E-state index in [0.29, 0.717) is 28.6 Å². The summed E-state index contributed by atoms with van der Waals surface area (Å²) in [6, 6.07) is 7.80. The smallest absolute Gasteiger partial charge is 0.303 e. The van der Waals surface area contributed by atoms with Crippen LogP contribution in [0.3, 0.4) is 0 Å². The van der Waals surface area contributed by atoms with Crippen molar-refractivity contribution in [1.29, 1.82) is 0 Å². The Morgan fingerprint density at radius 3 is 2.59 bits per heavy atom. The second kappa shape index (κ2) is 10.2. The molecule has 8 heteroatoms. The summed E-state index contributed by atoms with van der Waals surface area (Å²) in [6.45, 7) is 2.34. The summed E-state index contributed by atoms with van der Waals surface area (Å²) in [5.74, 6) is -1.35. The fourth-order valence-electron chi connectivity index (χ4n) is 2.46. The fourth-order valence-corrected chi connectivity index (χ4v) is 3.71. The zero-order valence-corrected chi connectivity index (χ0v) is 16.7. The van der Waals surface area contributed by atoms with Gasteiger partial charge in [0.1, 0.15) is 10.9 Å². The zero-order chi connectivity index (χ0) is 19.8. The molecule has 0 radical (unpaired) electrons. The normalized spacial score (nSPS) is 15.4. The Labute approximate surface area is 168 Å². The quantitative estimate of drug-likeness (QED) is 0.372. The predicted octanol–water partition coefficient (Wildman–Crippen LogP) is 2.96. The van der Waals surface area contributed by atoms with Gasteiger partial charge in [-0.05, 0) is 31.4 Å². The molecule has 2 rings (SSSR count). The number of carboxylic acids is 1. The first-order chi connectivity index (χ1) is 12.9. The molecular weight excluding hydrogens is 384 g/mol. The molecule has 6 nitrogen and oxygen atoms in total. The van der Waals surface area contributed by atoms with Crippen molar-refractivity contribution in [1.82, 2.24) is 10.2 Å². The minimum atomic E-state index is -0.813. The Balaban J connectivity index is 1.81. The van der Waals surface area contributed by atoms with E-state index in [9.17, 15) is 14.4 Å². The minimum Gasteiger partial charge on any atom is -0.481 e. The second-order valence-electron chi connectivity index (χ2n) is 6.23. The van der Waals surface area contributed by atoms with Gasteiger partial charge in [0, 0.05) is 13.0 Å². The lowest BCUT2D eigenvalue weighted by molar-refractivity contribution is -0.137. The monoisotopic (exact) mass is 406 g/mol. The molecule has 1 aromatic carbocycles. The van der Waals surface area contributed by atoms with E-state index in [0.717, 1.165) is 17.5 Å². The molecule has 0 spiro atoms. The van der Waals surface area contributed by atoms with Gasteiger partial charge >= 0.3 is 5.97 Å². The van der Waals surface area contributed by atoms with Gasteiger partial charge < -0.3 is 10.4 Å². The Bertz CT molecular complexity index is 759. The van der Waals surface area contributed by atoms with Crippen molar-refractivity contribution in [3.05, 3.63) is 40.3 Å². The van der Waals surface area contributed by atoms with Crippen LogP contribution in [0.25, 0.3) is 6.08 Å². The van der Waals surface area contributed by atoms with E-state index < -0.39 is 5.97 Å². The van der Waals surface area contributed by atoms with Gasteiger partial charge in [0.15, 0.2) is 0 Å². The highest BCUT2D eigenvalue weighted by molar-refractivity contribution is 8.26. The number of aliphatic carboxylic acids is 1. The van der Waals surface area contributed by atoms with Crippen molar-refractivity contribution in [2.45, 2.75) is 32.6 Å². The first-order valence-electron chi connectivity index (χ1n) is 8.67. The first kappa shape index (κ1) is 21.1. The number of benzene rings is 1. The molecule has 2 amide bonds. The number of nitrogens with one attached hydrogen (secondary N) is 1. The van der Waals surface area contributed by atoms with E-state index in [1.807, 2.05) is 31.2 Å². The molecule has 0 atom stereocenters. The minimum absolute atomic E-state index is 0.106. The summed E-state index contributed by atoms with van der Waals surface area (Å²) in [4.78, 5) is 36.8. The number of thioether (sulfide) groups is 1. The van der Waals surface area contributed by atoms with E-state index >= 15 is 0 Å². The number of rotatable bonds is 9. The van der Waals surface area contributed by atoms with E-state index in [-0.39, 0.29) is 24.8 Å². The lowest BCUT2D eigenvalue weighted by Crippen LogP contribution is -2.39. The average molecular weight is 407 g/mol. The number of amides is 2. The lowest BCUT2D eigenvalue weighted by atomic mass is 10.1. The van der Waals surface area contributed by atoms with Crippen LogP contribution in [-0.2, 0) is 14.4 Å². The highest BCUT2D eigenvalue weighted by atomic mass is 32.2. The number of hydrogen-bond acceptors (Lipinski definition) is 5. The summed E-state index contributed by atoms with van der Waals surface area (Å²) < 4.78 is 0.370. The van der Waals surface area contributed by atoms with Gasteiger partial charge in [-0.15, -0.1) is 0 Å². The molecule has 0 aromatic heterocycles. The molecule has 27 heavy (non-hydrogen) atoms. The van der Waals surface area contributed by atoms with Crippen LogP contribution in [-0.4, -0.2) is 45.2 Å². The standard InChI is InChI=1S/C19H22N2O4S2/c1-13-6-8-14(9-7-13)11-15-18(25)21(19(26)27-15)12-16(22)20-10-4-2-3-5-17(23)24/h6-9,11H,2-5,10,12H2,1H3,(H,20,22)(H,23,24)/b15-11+. The summed E-state index contributed by atoms with van der Waals surface area (Å²) in [5, 5.41) is 11.3. The molecule has 144 valence electrons. The molecule has 0 bridgehead atoms. The van der Waals surface area contributed by atoms with Crippen LogP contribution in [0.2, 0.25) is 0 Å². The van der Waals surface area contributed by atoms with Gasteiger partial charge in [0.05, 0.1) is 4.91 Å². The summed E-state index contributed by atoms with van der Waals surface area (Å²) >= 11 is 6.43. The molecule has 1 aliphatic heterocycles. The molecule has 1 heterocycles. The highest BCUT2D eigenvalue weighted by Crippen LogP contribution is 2.32. The van der Waals surface area contributed by atoms with Crippen molar-refractivity contribution in [3.8, 4) is 0 Å². The van der Waals surface area contributed by atoms with Gasteiger partial charge in [-0.2, -0.15) is 0 Å². The zero-order valence-electron chi connectivity index (χ0n) is 15.1. The number of aryl methyl sites for hydroxylation is 1. The Morgan fingerprint density at radius 1 is 1.22 bits per heavy atom. The maximum atomic E-state index is 12.5. The van der Waals surface area contributed by atoms with E-state index in [1.54, 1.807) is 6.08 Å². The molecule has 2 N–H and O–H groups in total. The third kappa shape index (κ3) is 6.80. The van der Waals surface area contributed by atoms with Crippen molar-refractivity contribution < 1.29 is 19.5 Å². The Kier molecular flexibility index (Phi) is 7.99. The summed E-state index contributed by atoms with van der Waals surface area (Å²) in [5.41, 5.74) is 2.05. The average Bonchev–Trinajstić information content (AvgIpc) is 2.87. The van der Waals surface area contributed by atoms with Crippen molar-refractivity contribution in [2.24, 2.45) is 0 Å². The fraction of sp³-hybridized carbons (Fsp3) is 0.368. The van der Waals surface area contributed by atoms with Crippen LogP contribution < -0.4 is 5.32 Å². The number of carbonyl (C=O) groups is 3. The van der Waals surface area contributed by atoms with E-state index in [1.165, 1.54) is 16.7 Å². The maximum Gasteiger partial charge on any atom is 0.303 e. The molecule has 0 aliphatic carbocycles. The van der Waals surface area contributed by atoms with Crippen molar-refractivity contribution in [2.75, 3.05) is 13.1 Å². The number of nitrogens with zero attached hydrogens (tertiary/aromatic N) is 1. The van der Waals surface area contributed by atoms with Gasteiger partial charge in [0.2, 0.25) is 5.91 Å². The van der Waals surface area contributed by atoms with Gasteiger partial charge in [-0.3, -0.25) is 19.3 Å². The molecule has 1 aromatic rings. The SMILES string of the molecule is Cc1ccc(/C=C2/SC(=S)N(CC(=O)NCCCCCC(=O)O)C2=O)cc1. The van der Waals surface area contributed by atoms with Gasteiger partial charge in [0.25, 0.3) is 5.91 Å². The number of unbranched alkanes of at least 4 members (excludes halogenated alkanes) is 2. The molecule has 1 aliphatic rings. The van der Waals surface area contributed by atoms with Crippen LogP contribution in [0.15, 0.2) is 29.2 Å². The number of carboxylic acid groups (broad SMARTS) is 1. The molecule has 1 saturated heterocycles. The number of thiocarbonyl (C=S) groups is 1. The lowest BCUT2D eigenvalue weighted by Gasteiger charge is -2.14. The summed E-state index contributed by atoms with van der Waals surface area (Å²) in [7, 11) is 0. The summed E-state index contributed by atoms with van der Waals surface area (Å²) in [6.07, 6.45) is 3.93. The molecule has 0 unspecified atom stereocenters. The first-order valence-corrected chi connectivity index (χ1v) is 9.90. The number of hydrogen-bond donors (Lipinski definition) is 2. The van der Waals surface area contributed by atoms with Crippen LogP contribution >= 0.6 is 24.0 Å². The van der Waals surface area contributed by atoms with Crippen molar-refractivity contribution >= 4 is 52.2 Å². The predicted molar refractivity (Wildman–Crippen MR) is 110 cm³/mol. The van der Waals surface area contributed by atoms with Gasteiger partial charge in [-0.25, -0.2) is 0 Å². The molecular formula is C19H22N2O4S2. The Hall–Kier alpha value is -2.19. The molecule has 0 saturated carbocycles. The number of carbonyl (C=O) groups excluding carboxylic acids is 2. The third-order valence-corrected chi connectivity index (χ3v) is 5.32. The van der Waals surface area contributed by atoms with Gasteiger partial charge in [-0.1, -0.05) is 60.2 Å². The van der Waals surface area contributed by atoms with Crippen LogP contribution in [0.1, 0.15) is 36.8 Å². The largest absolute Gasteiger partial charge is 0.481 e. The van der Waals surface area contributed by atoms with Crippen LogP contribution in [0, 0.1) is 6.92 Å². The van der Waals surface area contributed by atoms with E-state index in [2.05, 4.69) is 5.32 Å². The van der Waals surface area contributed by atoms with Crippen LogP contribution in [0.4, 0.5) is 0 Å². The topological polar surface area (TPSA) is 86.7 Å². The van der Waals surface area contributed by atoms with E-state index in [4.69, 9.17) is 17.3 Å². The second-order valence-corrected chi connectivity index (χ2v) is 7.91. The Morgan fingerprint density at radius 2 is 1.93 bits per heavy atom.